The standard InChI is InChI=1S/C13H17FN2O2/c1-13(12(17)18,16-8-6-15-7-9-16)10-4-2-3-5-11(10)14/h2-5,15H,6-9H2,1H3,(H,17,18). The van der Waals surface area contributed by atoms with Gasteiger partial charge < -0.3 is 10.4 Å². The fourth-order valence-electron chi connectivity index (χ4n) is 2.39. The average molecular weight is 252 g/mol. The zero-order valence-electron chi connectivity index (χ0n) is 10.3. The zero-order valence-corrected chi connectivity index (χ0v) is 10.3. The van der Waals surface area contributed by atoms with Crippen LogP contribution in [0.1, 0.15) is 12.5 Å². The molecule has 1 aromatic rings. The summed E-state index contributed by atoms with van der Waals surface area (Å²) in [6.45, 7) is 4.20. The Balaban J connectivity index is 2.43. The van der Waals surface area contributed by atoms with E-state index in [4.69, 9.17) is 0 Å². The second-order valence-electron chi connectivity index (χ2n) is 4.59. The lowest BCUT2D eigenvalue weighted by Gasteiger charge is -2.40. The first-order chi connectivity index (χ1) is 8.56. The summed E-state index contributed by atoms with van der Waals surface area (Å²) in [5, 5.41) is 12.7. The van der Waals surface area contributed by atoms with Crippen LogP contribution >= 0.6 is 0 Å². The van der Waals surface area contributed by atoms with Crippen LogP contribution in [-0.2, 0) is 10.3 Å². The Labute approximate surface area is 105 Å². The Kier molecular flexibility index (Phi) is 3.63. The molecule has 0 spiro atoms. The third-order valence-corrected chi connectivity index (χ3v) is 3.56. The fraction of sp³-hybridized carbons (Fsp3) is 0.462. The predicted molar refractivity (Wildman–Crippen MR) is 65.8 cm³/mol. The molecule has 1 saturated heterocycles. The summed E-state index contributed by atoms with van der Waals surface area (Å²) in [5.41, 5.74) is -1.09. The quantitative estimate of drug-likeness (QED) is 0.843. The second-order valence-corrected chi connectivity index (χ2v) is 4.59. The summed E-state index contributed by atoms with van der Waals surface area (Å²) in [5.74, 6) is -1.49. The summed E-state index contributed by atoms with van der Waals surface area (Å²) in [4.78, 5) is 13.5. The highest BCUT2D eigenvalue weighted by Gasteiger charge is 2.43. The van der Waals surface area contributed by atoms with Crippen molar-refractivity contribution in [3.8, 4) is 0 Å². The van der Waals surface area contributed by atoms with E-state index >= 15 is 0 Å². The van der Waals surface area contributed by atoms with Gasteiger partial charge in [0.2, 0.25) is 0 Å². The van der Waals surface area contributed by atoms with E-state index in [2.05, 4.69) is 5.32 Å². The largest absolute Gasteiger partial charge is 0.480 e. The van der Waals surface area contributed by atoms with Crippen LogP contribution < -0.4 is 5.32 Å². The van der Waals surface area contributed by atoms with Crippen molar-refractivity contribution in [3.05, 3.63) is 35.6 Å². The van der Waals surface area contributed by atoms with Gasteiger partial charge in [0.15, 0.2) is 0 Å². The van der Waals surface area contributed by atoms with Crippen molar-refractivity contribution in [1.29, 1.82) is 0 Å². The first-order valence-electron chi connectivity index (χ1n) is 6.01. The first-order valence-corrected chi connectivity index (χ1v) is 6.01. The number of aliphatic carboxylic acids is 1. The van der Waals surface area contributed by atoms with Gasteiger partial charge >= 0.3 is 5.97 Å². The molecular weight excluding hydrogens is 235 g/mol. The van der Waals surface area contributed by atoms with Crippen molar-refractivity contribution < 1.29 is 14.3 Å². The zero-order chi connectivity index (χ0) is 13.2. The lowest BCUT2D eigenvalue weighted by molar-refractivity contribution is -0.152. The molecule has 0 aliphatic carbocycles. The number of nitrogens with one attached hydrogen (secondary N) is 1. The van der Waals surface area contributed by atoms with Crippen LogP contribution in [0.25, 0.3) is 0 Å². The van der Waals surface area contributed by atoms with Gasteiger partial charge in [-0.3, -0.25) is 4.90 Å². The lowest BCUT2D eigenvalue weighted by Crippen LogP contribution is -2.57. The van der Waals surface area contributed by atoms with Crippen molar-refractivity contribution in [3.63, 3.8) is 0 Å². The van der Waals surface area contributed by atoms with Gasteiger partial charge in [0.1, 0.15) is 11.4 Å². The number of benzene rings is 1. The molecule has 1 aliphatic heterocycles. The Morgan fingerprint density at radius 2 is 2.00 bits per heavy atom. The minimum Gasteiger partial charge on any atom is -0.480 e. The molecule has 1 heterocycles. The Morgan fingerprint density at radius 3 is 2.56 bits per heavy atom. The van der Waals surface area contributed by atoms with Crippen LogP contribution in [0.15, 0.2) is 24.3 Å². The van der Waals surface area contributed by atoms with E-state index in [1.54, 1.807) is 25.1 Å². The molecule has 2 N–H and O–H groups in total. The highest BCUT2D eigenvalue weighted by Crippen LogP contribution is 2.30. The van der Waals surface area contributed by atoms with E-state index in [0.717, 1.165) is 13.1 Å². The highest BCUT2D eigenvalue weighted by molar-refractivity contribution is 5.80. The van der Waals surface area contributed by atoms with Gasteiger partial charge in [-0.05, 0) is 13.0 Å². The minimum atomic E-state index is -1.31. The first kappa shape index (κ1) is 13.0. The molecule has 1 fully saturated rings. The number of carbonyl (C=O) groups is 1. The summed E-state index contributed by atoms with van der Waals surface area (Å²) >= 11 is 0. The molecule has 1 unspecified atom stereocenters. The van der Waals surface area contributed by atoms with Crippen molar-refractivity contribution in [2.45, 2.75) is 12.5 Å². The molecule has 4 nitrogen and oxygen atoms in total. The van der Waals surface area contributed by atoms with Gasteiger partial charge in [0, 0.05) is 31.7 Å². The van der Waals surface area contributed by atoms with Crippen LogP contribution in [0.3, 0.4) is 0 Å². The van der Waals surface area contributed by atoms with Crippen molar-refractivity contribution >= 4 is 5.97 Å². The number of rotatable bonds is 3. The third-order valence-electron chi connectivity index (χ3n) is 3.56. The monoisotopic (exact) mass is 252 g/mol. The molecule has 0 aromatic heterocycles. The maximum absolute atomic E-state index is 13.9. The second kappa shape index (κ2) is 5.04. The molecule has 1 aromatic carbocycles. The summed E-state index contributed by atoms with van der Waals surface area (Å²) in [6.07, 6.45) is 0. The normalized spacial score (nSPS) is 20.3. The molecule has 18 heavy (non-hydrogen) atoms. The molecule has 1 atom stereocenters. The molecule has 5 heteroatoms. The molecule has 1 aliphatic rings. The molecule has 98 valence electrons. The van der Waals surface area contributed by atoms with E-state index < -0.39 is 17.3 Å². The third kappa shape index (κ3) is 2.11. The topological polar surface area (TPSA) is 52.6 Å². The number of piperazine rings is 1. The number of hydrogen-bond donors (Lipinski definition) is 2. The highest BCUT2D eigenvalue weighted by atomic mass is 19.1. The van der Waals surface area contributed by atoms with E-state index in [9.17, 15) is 14.3 Å². The molecule has 0 saturated carbocycles. The number of carboxylic acids is 1. The molecule has 0 bridgehead atoms. The lowest BCUT2D eigenvalue weighted by atomic mass is 9.89. The molecule has 0 amide bonds. The molecule has 0 radical (unpaired) electrons. The van der Waals surface area contributed by atoms with Gasteiger partial charge in [-0.1, -0.05) is 18.2 Å². The number of nitrogens with zero attached hydrogens (tertiary/aromatic N) is 1. The van der Waals surface area contributed by atoms with Gasteiger partial charge in [-0.2, -0.15) is 0 Å². The van der Waals surface area contributed by atoms with Crippen molar-refractivity contribution in [2.24, 2.45) is 0 Å². The Hall–Kier alpha value is -1.46. The van der Waals surface area contributed by atoms with Gasteiger partial charge in [0.05, 0.1) is 0 Å². The number of halogens is 1. The fourth-order valence-corrected chi connectivity index (χ4v) is 2.39. The van der Waals surface area contributed by atoms with Crippen LogP contribution in [0.2, 0.25) is 0 Å². The maximum Gasteiger partial charge on any atom is 0.328 e. The van der Waals surface area contributed by atoms with E-state index in [1.165, 1.54) is 6.07 Å². The molecule has 2 rings (SSSR count). The smallest absolute Gasteiger partial charge is 0.328 e. The minimum absolute atomic E-state index is 0.222. The van der Waals surface area contributed by atoms with Crippen LogP contribution in [0.4, 0.5) is 4.39 Å². The summed E-state index contributed by atoms with van der Waals surface area (Å²) < 4.78 is 13.9. The summed E-state index contributed by atoms with van der Waals surface area (Å²) in [7, 11) is 0. The Morgan fingerprint density at radius 1 is 1.39 bits per heavy atom. The predicted octanol–water partition coefficient (Wildman–Crippen LogP) is 1.03. The van der Waals surface area contributed by atoms with Crippen LogP contribution in [0, 0.1) is 5.82 Å². The SMILES string of the molecule is CC(C(=O)O)(c1ccccc1F)N1CCNCC1. The van der Waals surface area contributed by atoms with Crippen LogP contribution in [0.5, 0.6) is 0 Å². The van der Waals surface area contributed by atoms with E-state index in [0.29, 0.717) is 13.1 Å². The van der Waals surface area contributed by atoms with E-state index in [1.807, 2.05) is 4.90 Å². The van der Waals surface area contributed by atoms with Crippen molar-refractivity contribution in [1.82, 2.24) is 10.2 Å². The van der Waals surface area contributed by atoms with Crippen LogP contribution in [-0.4, -0.2) is 42.2 Å². The maximum atomic E-state index is 13.9. The number of hydrogen-bond acceptors (Lipinski definition) is 3. The van der Waals surface area contributed by atoms with E-state index in [-0.39, 0.29) is 5.56 Å². The summed E-state index contributed by atoms with van der Waals surface area (Å²) in [6, 6.07) is 6.09. The average Bonchev–Trinajstić information content (AvgIpc) is 2.39. The molecular formula is C13H17FN2O2. The van der Waals surface area contributed by atoms with Gasteiger partial charge in [-0.25, -0.2) is 9.18 Å². The van der Waals surface area contributed by atoms with Gasteiger partial charge in [0.25, 0.3) is 0 Å². The number of carboxylic acid groups (broad SMARTS) is 1. The Bertz CT molecular complexity index is 446. The van der Waals surface area contributed by atoms with Crippen molar-refractivity contribution in [2.75, 3.05) is 26.2 Å². The van der Waals surface area contributed by atoms with Gasteiger partial charge in [-0.15, -0.1) is 0 Å².